The summed E-state index contributed by atoms with van der Waals surface area (Å²) in [7, 11) is 0. The van der Waals surface area contributed by atoms with Crippen molar-refractivity contribution in [2.75, 3.05) is 6.61 Å². The molecule has 0 aliphatic carbocycles. The van der Waals surface area contributed by atoms with Crippen molar-refractivity contribution in [2.45, 2.75) is 19.4 Å². The molecule has 5 heteroatoms. The molecule has 0 spiro atoms. The van der Waals surface area contributed by atoms with Gasteiger partial charge in [-0.3, -0.25) is 5.84 Å². The number of halogens is 2. The van der Waals surface area contributed by atoms with E-state index in [9.17, 15) is 8.78 Å². The molecule has 3 nitrogen and oxygen atoms in total. The summed E-state index contributed by atoms with van der Waals surface area (Å²) in [6.45, 7) is 2.14. The highest BCUT2D eigenvalue weighted by Crippen LogP contribution is 2.29. The van der Waals surface area contributed by atoms with Crippen molar-refractivity contribution in [3.8, 4) is 0 Å². The third-order valence-corrected chi connectivity index (χ3v) is 2.77. The van der Waals surface area contributed by atoms with Crippen molar-refractivity contribution in [2.24, 2.45) is 5.84 Å². The lowest BCUT2D eigenvalue weighted by molar-refractivity contribution is 0.214. The van der Waals surface area contributed by atoms with Crippen LogP contribution in [0.1, 0.15) is 23.6 Å². The van der Waals surface area contributed by atoms with Crippen LogP contribution in [0.25, 0.3) is 0 Å². The Morgan fingerprint density at radius 1 is 1.35 bits per heavy atom. The van der Waals surface area contributed by atoms with Crippen molar-refractivity contribution in [1.29, 1.82) is 0 Å². The van der Waals surface area contributed by atoms with Gasteiger partial charge in [0.2, 0.25) is 0 Å². The van der Waals surface area contributed by atoms with Gasteiger partial charge in [-0.15, -0.1) is 0 Å². The normalized spacial score (nSPS) is 16.6. The minimum Gasteiger partial charge on any atom is -0.496 e. The third kappa shape index (κ3) is 2.30. The van der Waals surface area contributed by atoms with Crippen molar-refractivity contribution in [3.05, 3.63) is 46.7 Å². The van der Waals surface area contributed by atoms with E-state index in [0.717, 1.165) is 12.5 Å². The van der Waals surface area contributed by atoms with E-state index in [1.54, 1.807) is 6.92 Å². The molecule has 0 aromatic heterocycles. The molecule has 1 atom stereocenters. The summed E-state index contributed by atoms with van der Waals surface area (Å²) in [5, 5.41) is 0. The summed E-state index contributed by atoms with van der Waals surface area (Å²) in [5.41, 5.74) is 3.16. The molecule has 2 rings (SSSR count). The van der Waals surface area contributed by atoms with Gasteiger partial charge in [0.1, 0.15) is 23.4 Å². The Balaban J connectivity index is 2.40. The van der Waals surface area contributed by atoms with Crippen LogP contribution in [0.3, 0.4) is 0 Å². The fourth-order valence-electron chi connectivity index (χ4n) is 1.86. The first kappa shape index (κ1) is 12.0. The summed E-state index contributed by atoms with van der Waals surface area (Å²) < 4.78 is 32.2. The molecule has 17 heavy (non-hydrogen) atoms. The summed E-state index contributed by atoms with van der Waals surface area (Å²) >= 11 is 0. The molecule has 1 aromatic rings. The first-order valence-electron chi connectivity index (χ1n) is 5.38. The van der Waals surface area contributed by atoms with E-state index in [1.165, 1.54) is 6.07 Å². The molecule has 3 N–H and O–H groups in total. The van der Waals surface area contributed by atoms with Gasteiger partial charge in [-0.1, -0.05) is 0 Å². The largest absolute Gasteiger partial charge is 0.496 e. The number of nitrogens with one attached hydrogen (secondary N) is 1. The third-order valence-electron chi connectivity index (χ3n) is 2.77. The molecule has 0 radical (unpaired) electrons. The van der Waals surface area contributed by atoms with Crippen LogP contribution in [0, 0.1) is 18.6 Å². The van der Waals surface area contributed by atoms with E-state index < -0.39 is 17.7 Å². The monoisotopic (exact) mass is 240 g/mol. The fourth-order valence-corrected chi connectivity index (χ4v) is 1.86. The summed E-state index contributed by atoms with van der Waals surface area (Å²) in [6.07, 6.45) is 2.62. The van der Waals surface area contributed by atoms with Crippen LogP contribution in [0.4, 0.5) is 8.78 Å². The molecular weight excluding hydrogens is 226 g/mol. The Kier molecular flexibility index (Phi) is 3.40. The molecule has 0 fully saturated rings. The molecule has 0 amide bonds. The second kappa shape index (κ2) is 4.81. The Bertz CT molecular complexity index is 460. The van der Waals surface area contributed by atoms with Crippen LogP contribution in [0.5, 0.6) is 0 Å². The number of aryl methyl sites for hydroxylation is 1. The van der Waals surface area contributed by atoms with Gasteiger partial charge in [-0.05, 0) is 24.6 Å². The smallest absolute Gasteiger partial charge is 0.131 e. The van der Waals surface area contributed by atoms with Gasteiger partial charge in [0.05, 0.1) is 6.61 Å². The van der Waals surface area contributed by atoms with Gasteiger partial charge in [0.25, 0.3) is 0 Å². The Hall–Kier alpha value is -1.46. The van der Waals surface area contributed by atoms with Crippen molar-refractivity contribution in [3.63, 3.8) is 0 Å². The number of ether oxygens (including phenoxy) is 1. The molecule has 1 unspecified atom stereocenters. The van der Waals surface area contributed by atoms with Crippen LogP contribution in [0.15, 0.2) is 24.0 Å². The Morgan fingerprint density at radius 2 is 2.12 bits per heavy atom. The molecule has 1 heterocycles. The number of hydrogen-bond donors (Lipinski definition) is 2. The minimum atomic E-state index is -0.632. The maximum absolute atomic E-state index is 13.7. The standard InChI is InChI=1S/C12H14F2N2O/c1-7-5-8(10(14)6-9(7)13)12(16-15)11-3-2-4-17-11/h3,5-6,12,16H,2,4,15H2,1H3. The second-order valence-corrected chi connectivity index (χ2v) is 3.97. The molecular formula is C12H14F2N2O. The molecule has 0 bridgehead atoms. The highest BCUT2D eigenvalue weighted by molar-refractivity contribution is 5.32. The van der Waals surface area contributed by atoms with Crippen molar-refractivity contribution in [1.82, 2.24) is 5.43 Å². The lowest BCUT2D eigenvalue weighted by atomic mass is 10.0. The summed E-state index contributed by atoms with van der Waals surface area (Å²) in [6, 6.07) is 1.74. The maximum Gasteiger partial charge on any atom is 0.131 e. The van der Waals surface area contributed by atoms with Gasteiger partial charge in [-0.25, -0.2) is 14.2 Å². The average Bonchev–Trinajstić information content (AvgIpc) is 2.80. The van der Waals surface area contributed by atoms with E-state index in [-0.39, 0.29) is 0 Å². The molecule has 0 saturated carbocycles. The molecule has 92 valence electrons. The first-order chi connectivity index (χ1) is 8.13. The predicted octanol–water partition coefficient (Wildman–Crippen LogP) is 2.08. The quantitative estimate of drug-likeness (QED) is 0.628. The lowest BCUT2D eigenvalue weighted by Gasteiger charge is -2.18. The zero-order valence-electron chi connectivity index (χ0n) is 9.47. The zero-order chi connectivity index (χ0) is 12.4. The number of nitrogens with two attached hydrogens (primary N) is 1. The van der Waals surface area contributed by atoms with Crippen LogP contribution in [-0.4, -0.2) is 6.61 Å². The number of hydrazine groups is 1. The second-order valence-electron chi connectivity index (χ2n) is 3.97. The Morgan fingerprint density at radius 3 is 2.71 bits per heavy atom. The van der Waals surface area contributed by atoms with E-state index in [1.807, 2.05) is 6.08 Å². The van der Waals surface area contributed by atoms with E-state index in [2.05, 4.69) is 5.43 Å². The van der Waals surface area contributed by atoms with Crippen LogP contribution >= 0.6 is 0 Å². The zero-order valence-corrected chi connectivity index (χ0v) is 9.47. The van der Waals surface area contributed by atoms with Gasteiger partial charge in [0.15, 0.2) is 0 Å². The maximum atomic E-state index is 13.7. The van der Waals surface area contributed by atoms with Crippen LogP contribution in [0.2, 0.25) is 0 Å². The number of rotatable bonds is 3. The fraction of sp³-hybridized carbons (Fsp3) is 0.333. The van der Waals surface area contributed by atoms with E-state index >= 15 is 0 Å². The SMILES string of the molecule is Cc1cc(C(NN)C2=CCCO2)c(F)cc1F. The molecule has 1 aromatic carbocycles. The first-order valence-corrected chi connectivity index (χ1v) is 5.38. The van der Waals surface area contributed by atoms with Gasteiger partial charge < -0.3 is 4.74 Å². The molecule has 1 aliphatic heterocycles. The lowest BCUT2D eigenvalue weighted by Crippen LogP contribution is -2.30. The highest BCUT2D eigenvalue weighted by Gasteiger charge is 2.23. The van der Waals surface area contributed by atoms with E-state index in [0.29, 0.717) is 23.5 Å². The highest BCUT2D eigenvalue weighted by atomic mass is 19.1. The molecule has 1 aliphatic rings. The van der Waals surface area contributed by atoms with Crippen LogP contribution < -0.4 is 11.3 Å². The average molecular weight is 240 g/mol. The van der Waals surface area contributed by atoms with Gasteiger partial charge in [0, 0.05) is 18.1 Å². The van der Waals surface area contributed by atoms with Crippen LogP contribution in [-0.2, 0) is 4.74 Å². The van der Waals surface area contributed by atoms with Gasteiger partial charge in [-0.2, -0.15) is 0 Å². The predicted molar refractivity (Wildman–Crippen MR) is 59.8 cm³/mol. The summed E-state index contributed by atoms with van der Waals surface area (Å²) in [4.78, 5) is 0. The Labute approximate surface area is 98.2 Å². The van der Waals surface area contributed by atoms with Gasteiger partial charge >= 0.3 is 0 Å². The topological polar surface area (TPSA) is 47.3 Å². The van der Waals surface area contributed by atoms with E-state index in [4.69, 9.17) is 10.6 Å². The van der Waals surface area contributed by atoms with Crippen molar-refractivity contribution < 1.29 is 13.5 Å². The van der Waals surface area contributed by atoms with Crippen molar-refractivity contribution >= 4 is 0 Å². The number of hydrogen-bond acceptors (Lipinski definition) is 3. The summed E-state index contributed by atoms with van der Waals surface area (Å²) in [5.74, 6) is 4.79. The molecule has 0 saturated heterocycles. The number of benzene rings is 1. The minimum absolute atomic E-state index is 0.291.